The first kappa shape index (κ1) is 15.0. The van der Waals surface area contributed by atoms with Gasteiger partial charge in [0, 0.05) is 11.7 Å². The Hall–Kier alpha value is -1.35. The fourth-order valence-electron chi connectivity index (χ4n) is 2.89. The number of anilines is 1. The van der Waals surface area contributed by atoms with Crippen LogP contribution in [0.1, 0.15) is 69.7 Å². The summed E-state index contributed by atoms with van der Waals surface area (Å²) >= 11 is 0. The van der Waals surface area contributed by atoms with Crippen molar-refractivity contribution in [3.05, 3.63) is 28.8 Å². The summed E-state index contributed by atoms with van der Waals surface area (Å²) in [5.74, 6) is 0.0982. The van der Waals surface area contributed by atoms with E-state index in [-0.39, 0.29) is 23.3 Å². The van der Waals surface area contributed by atoms with Crippen LogP contribution in [-0.2, 0) is 11.2 Å². The van der Waals surface area contributed by atoms with Crippen LogP contribution in [0, 0.1) is 5.41 Å². The van der Waals surface area contributed by atoms with Gasteiger partial charge < -0.3 is 11.1 Å². The number of carbonyl (C=O) groups is 1. The molecule has 2 unspecified atom stereocenters. The number of rotatable bonds is 3. The molecule has 0 aliphatic carbocycles. The molecule has 1 aromatic rings. The predicted octanol–water partition coefficient (Wildman–Crippen LogP) is 3.74. The van der Waals surface area contributed by atoms with E-state index in [1.54, 1.807) is 0 Å². The van der Waals surface area contributed by atoms with E-state index in [1.807, 2.05) is 0 Å². The fourth-order valence-corrected chi connectivity index (χ4v) is 2.89. The van der Waals surface area contributed by atoms with Gasteiger partial charge >= 0.3 is 0 Å². The molecule has 1 aliphatic rings. The zero-order valence-electron chi connectivity index (χ0n) is 13.2. The van der Waals surface area contributed by atoms with Crippen molar-refractivity contribution in [2.45, 2.75) is 59.4 Å². The minimum Gasteiger partial charge on any atom is -0.325 e. The van der Waals surface area contributed by atoms with Crippen LogP contribution in [0.3, 0.4) is 0 Å². The van der Waals surface area contributed by atoms with Crippen LogP contribution >= 0.6 is 0 Å². The van der Waals surface area contributed by atoms with Crippen molar-refractivity contribution in [2.24, 2.45) is 11.1 Å². The van der Waals surface area contributed by atoms with Gasteiger partial charge in [-0.15, -0.1) is 0 Å². The second-order valence-electron chi connectivity index (χ2n) is 6.79. The summed E-state index contributed by atoms with van der Waals surface area (Å²) in [6.45, 7) is 10.6. The first-order valence-corrected chi connectivity index (χ1v) is 7.52. The zero-order chi connectivity index (χ0) is 15.1. The van der Waals surface area contributed by atoms with Crippen LogP contribution in [-0.4, -0.2) is 5.91 Å². The molecule has 0 aromatic heterocycles. The van der Waals surface area contributed by atoms with Crippen molar-refractivity contribution in [2.75, 3.05) is 5.32 Å². The number of benzene rings is 1. The highest BCUT2D eigenvalue weighted by molar-refractivity contribution is 6.03. The fraction of sp³-hybridized carbons (Fsp3) is 0.588. The number of fused-ring (bicyclic) bond motifs is 1. The molecule has 3 nitrogen and oxygen atoms in total. The number of hydrogen-bond donors (Lipinski definition) is 2. The second-order valence-corrected chi connectivity index (χ2v) is 6.79. The molecule has 2 rings (SSSR count). The normalized spacial score (nSPS) is 19.7. The molecule has 0 saturated carbocycles. The Labute approximate surface area is 121 Å². The van der Waals surface area contributed by atoms with E-state index in [0.717, 1.165) is 29.7 Å². The lowest BCUT2D eigenvalue weighted by molar-refractivity contribution is -0.117. The molecule has 0 saturated heterocycles. The number of carbonyl (C=O) groups excluding carboxylic acids is 1. The van der Waals surface area contributed by atoms with Crippen molar-refractivity contribution >= 4 is 11.6 Å². The lowest BCUT2D eigenvalue weighted by atomic mass is 9.81. The van der Waals surface area contributed by atoms with Gasteiger partial charge in [0.05, 0.1) is 5.92 Å². The molecular weight excluding hydrogens is 248 g/mol. The maximum atomic E-state index is 12.1. The Kier molecular flexibility index (Phi) is 3.92. The lowest BCUT2D eigenvalue weighted by Crippen LogP contribution is -2.26. The van der Waals surface area contributed by atoms with Gasteiger partial charge in [-0.1, -0.05) is 46.8 Å². The van der Waals surface area contributed by atoms with Gasteiger partial charge in [0.1, 0.15) is 0 Å². The third kappa shape index (κ3) is 2.47. The largest absolute Gasteiger partial charge is 0.325 e. The molecule has 0 fully saturated rings. The molecule has 20 heavy (non-hydrogen) atoms. The van der Waals surface area contributed by atoms with E-state index >= 15 is 0 Å². The van der Waals surface area contributed by atoms with E-state index in [9.17, 15) is 4.79 Å². The van der Waals surface area contributed by atoms with Crippen LogP contribution in [0.2, 0.25) is 0 Å². The monoisotopic (exact) mass is 274 g/mol. The molecule has 0 bridgehead atoms. The number of aryl methyl sites for hydroxylation is 1. The third-order valence-electron chi connectivity index (χ3n) is 4.29. The van der Waals surface area contributed by atoms with Gasteiger partial charge in [-0.3, -0.25) is 4.79 Å². The average Bonchev–Trinajstić information content (AvgIpc) is 2.70. The van der Waals surface area contributed by atoms with Gasteiger partial charge in [-0.25, -0.2) is 0 Å². The van der Waals surface area contributed by atoms with Crippen molar-refractivity contribution in [3.8, 4) is 0 Å². The van der Waals surface area contributed by atoms with E-state index in [1.165, 1.54) is 5.56 Å². The summed E-state index contributed by atoms with van der Waals surface area (Å²) < 4.78 is 0. The minimum absolute atomic E-state index is 0.0109. The Bertz CT molecular complexity index is 529. The molecule has 0 radical (unpaired) electrons. The summed E-state index contributed by atoms with van der Waals surface area (Å²) in [6.07, 6.45) is 1.74. The van der Waals surface area contributed by atoms with Crippen LogP contribution in [0.15, 0.2) is 12.1 Å². The molecule has 1 amide bonds. The van der Waals surface area contributed by atoms with Crippen LogP contribution in [0.4, 0.5) is 5.69 Å². The number of amides is 1. The number of nitrogens with two attached hydrogens (primary N) is 1. The predicted molar refractivity (Wildman–Crippen MR) is 83.9 cm³/mol. The van der Waals surface area contributed by atoms with E-state index in [4.69, 9.17) is 5.73 Å². The Morgan fingerprint density at radius 2 is 1.95 bits per heavy atom. The molecule has 110 valence electrons. The van der Waals surface area contributed by atoms with Gasteiger partial charge in [0.15, 0.2) is 0 Å². The molecule has 3 heteroatoms. The Morgan fingerprint density at radius 3 is 2.45 bits per heavy atom. The minimum atomic E-state index is -0.0255. The van der Waals surface area contributed by atoms with Gasteiger partial charge in [0.2, 0.25) is 5.91 Å². The molecule has 0 spiro atoms. The summed E-state index contributed by atoms with van der Waals surface area (Å²) in [5, 5.41) is 3.04. The third-order valence-corrected chi connectivity index (χ3v) is 4.29. The standard InChI is InChI=1S/C17H26N2O/c1-6-10-8-11(15(18)17(3,4)5)9-13-12(7-2)16(20)19-14(10)13/h8-9,12,15H,6-7,18H2,1-5H3,(H,19,20). The molecular formula is C17H26N2O. The van der Waals surface area contributed by atoms with Gasteiger partial charge in [-0.2, -0.15) is 0 Å². The van der Waals surface area contributed by atoms with E-state index in [0.29, 0.717) is 0 Å². The smallest absolute Gasteiger partial charge is 0.232 e. The Balaban J connectivity index is 2.54. The van der Waals surface area contributed by atoms with Crippen molar-refractivity contribution < 1.29 is 4.79 Å². The van der Waals surface area contributed by atoms with Crippen LogP contribution < -0.4 is 11.1 Å². The van der Waals surface area contributed by atoms with Crippen LogP contribution in [0.25, 0.3) is 0 Å². The first-order chi connectivity index (χ1) is 9.29. The van der Waals surface area contributed by atoms with Crippen molar-refractivity contribution in [3.63, 3.8) is 0 Å². The van der Waals surface area contributed by atoms with E-state index < -0.39 is 0 Å². The Morgan fingerprint density at radius 1 is 1.30 bits per heavy atom. The molecule has 3 N–H and O–H groups in total. The number of hydrogen-bond acceptors (Lipinski definition) is 2. The lowest BCUT2D eigenvalue weighted by Gasteiger charge is -2.28. The van der Waals surface area contributed by atoms with Crippen molar-refractivity contribution in [1.29, 1.82) is 0 Å². The number of nitrogens with one attached hydrogen (secondary N) is 1. The highest BCUT2D eigenvalue weighted by Gasteiger charge is 2.32. The zero-order valence-corrected chi connectivity index (χ0v) is 13.2. The maximum absolute atomic E-state index is 12.1. The van der Waals surface area contributed by atoms with Gasteiger partial charge in [0.25, 0.3) is 0 Å². The second kappa shape index (κ2) is 5.21. The highest BCUT2D eigenvalue weighted by Crippen LogP contribution is 2.41. The van der Waals surface area contributed by atoms with Crippen LogP contribution in [0.5, 0.6) is 0 Å². The topological polar surface area (TPSA) is 55.1 Å². The first-order valence-electron chi connectivity index (χ1n) is 7.52. The van der Waals surface area contributed by atoms with Crippen molar-refractivity contribution in [1.82, 2.24) is 0 Å². The maximum Gasteiger partial charge on any atom is 0.232 e. The highest BCUT2D eigenvalue weighted by atomic mass is 16.2. The molecule has 1 heterocycles. The SMILES string of the molecule is CCc1cc(C(N)C(C)(C)C)cc2c1NC(=O)C2CC. The quantitative estimate of drug-likeness (QED) is 0.882. The van der Waals surface area contributed by atoms with Gasteiger partial charge in [-0.05, 0) is 34.9 Å². The molecule has 1 aliphatic heterocycles. The summed E-state index contributed by atoms with van der Waals surface area (Å²) in [5.41, 5.74) is 10.9. The summed E-state index contributed by atoms with van der Waals surface area (Å²) in [6, 6.07) is 4.27. The van der Waals surface area contributed by atoms with E-state index in [2.05, 4.69) is 52.1 Å². The summed E-state index contributed by atoms with van der Waals surface area (Å²) in [4.78, 5) is 12.1. The molecule has 2 atom stereocenters. The average molecular weight is 274 g/mol. The summed E-state index contributed by atoms with van der Waals surface area (Å²) in [7, 11) is 0. The molecule has 1 aromatic carbocycles.